The van der Waals surface area contributed by atoms with Gasteiger partial charge in [-0.05, 0) is 31.5 Å². The third-order valence-electron chi connectivity index (χ3n) is 3.54. The average Bonchev–Trinajstić information content (AvgIpc) is 2.49. The summed E-state index contributed by atoms with van der Waals surface area (Å²) in [5, 5.41) is 0. The Kier molecular flexibility index (Phi) is 5.35. The lowest BCUT2D eigenvalue weighted by atomic mass is 9.98. The summed E-state index contributed by atoms with van der Waals surface area (Å²) in [5.74, 6) is -0.278. The number of rotatable bonds is 5. The molecule has 0 saturated carbocycles. The second-order valence-electron chi connectivity index (χ2n) is 4.94. The molecule has 0 N–H and O–H groups in total. The molecule has 110 valence electrons. The van der Waals surface area contributed by atoms with E-state index in [1.165, 1.54) is 13.2 Å². The van der Waals surface area contributed by atoms with Gasteiger partial charge >= 0.3 is 5.97 Å². The van der Waals surface area contributed by atoms with Crippen LogP contribution in [0.1, 0.15) is 12.8 Å². The van der Waals surface area contributed by atoms with Crippen molar-refractivity contribution in [3.63, 3.8) is 0 Å². The van der Waals surface area contributed by atoms with Gasteiger partial charge in [0.1, 0.15) is 6.61 Å². The van der Waals surface area contributed by atoms with Gasteiger partial charge < -0.3 is 9.47 Å². The minimum Gasteiger partial charge on any atom is -0.489 e. The number of hydrogen-bond donors (Lipinski definition) is 0. The summed E-state index contributed by atoms with van der Waals surface area (Å²) >= 11 is 0. The largest absolute Gasteiger partial charge is 0.489 e. The Hall–Kier alpha value is -1.62. The van der Waals surface area contributed by atoms with Gasteiger partial charge in [0.15, 0.2) is 11.6 Å². The van der Waals surface area contributed by atoms with Crippen LogP contribution in [0.25, 0.3) is 0 Å². The minimum absolute atomic E-state index is 0.0535. The molecule has 1 heterocycles. The van der Waals surface area contributed by atoms with Crippen molar-refractivity contribution in [1.82, 2.24) is 4.90 Å². The van der Waals surface area contributed by atoms with Gasteiger partial charge in [0, 0.05) is 13.1 Å². The molecule has 1 saturated heterocycles. The van der Waals surface area contributed by atoms with E-state index in [1.807, 2.05) is 0 Å². The van der Waals surface area contributed by atoms with Crippen LogP contribution in [0.15, 0.2) is 24.3 Å². The molecule has 20 heavy (non-hydrogen) atoms. The van der Waals surface area contributed by atoms with Gasteiger partial charge in [-0.25, -0.2) is 4.39 Å². The molecule has 0 radical (unpaired) electrons. The molecule has 1 aromatic carbocycles. The maximum atomic E-state index is 13.4. The lowest BCUT2D eigenvalue weighted by molar-refractivity contribution is -0.147. The van der Waals surface area contributed by atoms with E-state index in [0.717, 1.165) is 19.4 Å². The van der Waals surface area contributed by atoms with Crippen LogP contribution in [0.3, 0.4) is 0 Å². The molecular weight excluding hydrogens is 261 g/mol. The zero-order valence-corrected chi connectivity index (χ0v) is 11.7. The number of hydrogen-bond acceptors (Lipinski definition) is 4. The van der Waals surface area contributed by atoms with E-state index < -0.39 is 0 Å². The van der Waals surface area contributed by atoms with E-state index in [9.17, 15) is 9.18 Å². The molecule has 4 nitrogen and oxygen atoms in total. The van der Waals surface area contributed by atoms with E-state index in [2.05, 4.69) is 4.90 Å². The number of para-hydroxylation sites is 1. The maximum absolute atomic E-state index is 13.4. The van der Waals surface area contributed by atoms with E-state index in [4.69, 9.17) is 9.47 Å². The second-order valence-corrected chi connectivity index (χ2v) is 4.94. The Labute approximate surface area is 118 Å². The number of carbonyl (C=O) groups is 1. The van der Waals surface area contributed by atoms with Crippen molar-refractivity contribution >= 4 is 5.97 Å². The van der Waals surface area contributed by atoms with Crippen molar-refractivity contribution < 1.29 is 18.7 Å². The monoisotopic (exact) mass is 281 g/mol. The number of halogens is 1. The lowest BCUT2D eigenvalue weighted by Gasteiger charge is -2.31. The molecule has 1 aliphatic rings. The van der Waals surface area contributed by atoms with E-state index in [0.29, 0.717) is 19.7 Å². The predicted molar refractivity (Wildman–Crippen MR) is 73.1 cm³/mol. The Balaban J connectivity index is 1.77. The normalized spacial score (nSPS) is 19.6. The van der Waals surface area contributed by atoms with Gasteiger partial charge in [-0.2, -0.15) is 0 Å². The highest BCUT2D eigenvalue weighted by Gasteiger charge is 2.26. The lowest BCUT2D eigenvalue weighted by Crippen LogP contribution is -2.41. The molecule has 2 rings (SSSR count). The SMILES string of the molecule is COC(=O)[C@H]1CCCN(CCOc2ccccc2F)C1. The van der Waals surface area contributed by atoms with Gasteiger partial charge in [0.05, 0.1) is 13.0 Å². The summed E-state index contributed by atoms with van der Waals surface area (Å²) in [6.07, 6.45) is 1.84. The Bertz CT molecular complexity index is 452. The first-order valence-electron chi connectivity index (χ1n) is 6.88. The quantitative estimate of drug-likeness (QED) is 0.775. The molecule has 0 unspecified atom stereocenters. The third-order valence-corrected chi connectivity index (χ3v) is 3.54. The highest BCUT2D eigenvalue weighted by molar-refractivity contribution is 5.72. The summed E-state index contributed by atoms with van der Waals surface area (Å²) in [7, 11) is 1.42. The van der Waals surface area contributed by atoms with Crippen molar-refractivity contribution in [1.29, 1.82) is 0 Å². The third kappa shape index (κ3) is 3.93. The van der Waals surface area contributed by atoms with Crippen LogP contribution in [0, 0.1) is 11.7 Å². The van der Waals surface area contributed by atoms with Crippen LogP contribution >= 0.6 is 0 Å². The van der Waals surface area contributed by atoms with Gasteiger partial charge in [-0.15, -0.1) is 0 Å². The molecule has 0 aliphatic carbocycles. The Morgan fingerprint density at radius 1 is 1.45 bits per heavy atom. The summed E-state index contributed by atoms with van der Waals surface area (Å²) in [5.41, 5.74) is 0. The van der Waals surface area contributed by atoms with Crippen LogP contribution in [-0.4, -0.2) is 44.2 Å². The standard InChI is InChI=1S/C15H20FNO3/c1-19-15(18)12-5-4-8-17(11-12)9-10-20-14-7-3-2-6-13(14)16/h2-3,6-7,12H,4-5,8-11H2,1H3/t12-/m0/s1. The summed E-state index contributed by atoms with van der Waals surface area (Å²) < 4.78 is 23.6. The molecule has 1 aromatic rings. The zero-order chi connectivity index (χ0) is 14.4. The number of esters is 1. The van der Waals surface area contributed by atoms with Gasteiger partial charge in [0.25, 0.3) is 0 Å². The fraction of sp³-hybridized carbons (Fsp3) is 0.533. The van der Waals surface area contributed by atoms with Gasteiger partial charge in [0.2, 0.25) is 0 Å². The number of benzene rings is 1. The average molecular weight is 281 g/mol. The van der Waals surface area contributed by atoms with Crippen LogP contribution < -0.4 is 4.74 Å². The number of likely N-dealkylation sites (tertiary alicyclic amines) is 1. The number of carbonyl (C=O) groups excluding carboxylic acids is 1. The molecule has 5 heteroatoms. The van der Waals surface area contributed by atoms with Crippen LogP contribution in [0.4, 0.5) is 4.39 Å². The van der Waals surface area contributed by atoms with Crippen molar-refractivity contribution in [3.8, 4) is 5.75 Å². The van der Waals surface area contributed by atoms with Crippen molar-refractivity contribution in [2.75, 3.05) is 33.4 Å². The fourth-order valence-corrected chi connectivity index (χ4v) is 2.46. The van der Waals surface area contributed by atoms with Gasteiger partial charge in [-0.3, -0.25) is 9.69 Å². The highest BCUT2D eigenvalue weighted by atomic mass is 19.1. The fourth-order valence-electron chi connectivity index (χ4n) is 2.46. The molecule has 1 aliphatic heterocycles. The number of piperidine rings is 1. The second kappa shape index (κ2) is 7.24. The Morgan fingerprint density at radius 3 is 3.00 bits per heavy atom. The molecular formula is C15H20FNO3. The van der Waals surface area contributed by atoms with Crippen molar-refractivity contribution in [3.05, 3.63) is 30.1 Å². The molecule has 0 amide bonds. The molecule has 1 fully saturated rings. The minimum atomic E-state index is -0.349. The summed E-state index contributed by atoms with van der Waals surface area (Å²) in [6, 6.07) is 6.37. The highest BCUT2D eigenvalue weighted by Crippen LogP contribution is 2.18. The maximum Gasteiger partial charge on any atom is 0.309 e. The number of nitrogens with zero attached hydrogens (tertiary/aromatic N) is 1. The van der Waals surface area contributed by atoms with E-state index in [-0.39, 0.29) is 23.5 Å². The topological polar surface area (TPSA) is 38.8 Å². The molecule has 0 bridgehead atoms. The first-order chi connectivity index (χ1) is 9.70. The predicted octanol–water partition coefficient (Wildman–Crippen LogP) is 2.09. The Morgan fingerprint density at radius 2 is 2.25 bits per heavy atom. The first kappa shape index (κ1) is 14.8. The zero-order valence-electron chi connectivity index (χ0n) is 11.7. The number of methoxy groups -OCH3 is 1. The molecule has 0 spiro atoms. The van der Waals surface area contributed by atoms with Crippen molar-refractivity contribution in [2.45, 2.75) is 12.8 Å². The number of ether oxygens (including phenoxy) is 2. The molecule has 1 atom stereocenters. The van der Waals surface area contributed by atoms with Crippen molar-refractivity contribution in [2.24, 2.45) is 5.92 Å². The van der Waals surface area contributed by atoms with E-state index in [1.54, 1.807) is 18.2 Å². The van der Waals surface area contributed by atoms with Crippen LogP contribution in [0.2, 0.25) is 0 Å². The van der Waals surface area contributed by atoms with Gasteiger partial charge in [-0.1, -0.05) is 12.1 Å². The first-order valence-corrected chi connectivity index (χ1v) is 6.88. The van der Waals surface area contributed by atoms with Crippen LogP contribution in [0.5, 0.6) is 5.75 Å². The smallest absolute Gasteiger partial charge is 0.309 e. The summed E-state index contributed by atoms with van der Waals surface area (Å²) in [6.45, 7) is 2.72. The van der Waals surface area contributed by atoms with E-state index >= 15 is 0 Å². The summed E-state index contributed by atoms with van der Waals surface area (Å²) in [4.78, 5) is 13.7. The van der Waals surface area contributed by atoms with Crippen LogP contribution in [-0.2, 0) is 9.53 Å². The molecule has 0 aromatic heterocycles.